The summed E-state index contributed by atoms with van der Waals surface area (Å²) in [5.41, 5.74) is 2.64. The molecule has 2 nitrogen and oxygen atoms in total. The smallest absolute Gasteiger partial charge is 0.119 e. The molecule has 0 amide bonds. The number of hydrogen-bond donors (Lipinski definition) is 1. The van der Waals surface area contributed by atoms with E-state index < -0.39 is 0 Å². The van der Waals surface area contributed by atoms with Gasteiger partial charge in [0.15, 0.2) is 0 Å². The highest BCUT2D eigenvalue weighted by Gasteiger charge is 2.23. The Balaban J connectivity index is 1.85. The molecule has 1 aliphatic carbocycles. The van der Waals surface area contributed by atoms with E-state index in [1.54, 1.807) is 11.3 Å². The standard InChI is InChI=1S/C14H15NOS/c16-9-14-15-12-7-6-11(8-13(12)17-14)10-4-2-1-3-5-10/h1-5,11,16H,6-9H2. The van der Waals surface area contributed by atoms with Gasteiger partial charge in [0, 0.05) is 4.88 Å². The molecular formula is C14H15NOS. The Morgan fingerprint density at radius 2 is 2.12 bits per heavy atom. The Hall–Kier alpha value is -1.19. The van der Waals surface area contributed by atoms with Gasteiger partial charge in [0.25, 0.3) is 0 Å². The van der Waals surface area contributed by atoms with Gasteiger partial charge in [-0.25, -0.2) is 4.98 Å². The minimum absolute atomic E-state index is 0.0771. The van der Waals surface area contributed by atoms with Crippen LogP contribution < -0.4 is 0 Å². The molecule has 88 valence electrons. The summed E-state index contributed by atoms with van der Waals surface area (Å²) in [6.45, 7) is 0.0771. The lowest BCUT2D eigenvalue weighted by Crippen LogP contribution is -2.11. The van der Waals surface area contributed by atoms with Crippen LogP contribution in [0.3, 0.4) is 0 Å². The molecule has 1 unspecified atom stereocenters. The van der Waals surface area contributed by atoms with Crippen molar-refractivity contribution in [3.05, 3.63) is 51.5 Å². The van der Waals surface area contributed by atoms with E-state index in [1.807, 2.05) is 0 Å². The average molecular weight is 245 g/mol. The van der Waals surface area contributed by atoms with Crippen molar-refractivity contribution in [2.75, 3.05) is 0 Å². The van der Waals surface area contributed by atoms with Gasteiger partial charge in [0.2, 0.25) is 0 Å². The van der Waals surface area contributed by atoms with Gasteiger partial charge >= 0.3 is 0 Å². The number of aromatic nitrogens is 1. The molecule has 0 radical (unpaired) electrons. The highest BCUT2D eigenvalue weighted by molar-refractivity contribution is 7.11. The summed E-state index contributed by atoms with van der Waals surface area (Å²) in [4.78, 5) is 5.84. The molecule has 1 aromatic heterocycles. The average Bonchev–Trinajstić information content (AvgIpc) is 2.81. The predicted molar refractivity (Wildman–Crippen MR) is 69.2 cm³/mol. The lowest BCUT2D eigenvalue weighted by Gasteiger charge is -2.21. The van der Waals surface area contributed by atoms with Crippen molar-refractivity contribution < 1.29 is 5.11 Å². The first-order valence-electron chi connectivity index (χ1n) is 6.00. The topological polar surface area (TPSA) is 33.1 Å². The van der Waals surface area contributed by atoms with Crippen molar-refractivity contribution >= 4 is 11.3 Å². The number of benzene rings is 1. The second-order valence-corrected chi connectivity index (χ2v) is 5.65. The summed E-state index contributed by atoms with van der Waals surface area (Å²) in [5.74, 6) is 0.621. The van der Waals surface area contributed by atoms with E-state index in [-0.39, 0.29) is 6.61 Å². The SMILES string of the molecule is OCc1nc2c(s1)CC(c1ccccc1)CC2. The Labute approximate surface area is 105 Å². The number of aliphatic hydroxyl groups is 1. The van der Waals surface area contributed by atoms with E-state index in [0.717, 1.165) is 17.8 Å². The fraction of sp³-hybridized carbons (Fsp3) is 0.357. The maximum atomic E-state index is 9.12. The molecular weight excluding hydrogens is 230 g/mol. The molecule has 0 bridgehead atoms. The minimum Gasteiger partial charge on any atom is -0.389 e. The quantitative estimate of drug-likeness (QED) is 0.882. The Bertz CT molecular complexity index is 506. The molecule has 3 heteroatoms. The summed E-state index contributed by atoms with van der Waals surface area (Å²) in [6.07, 6.45) is 3.30. The normalized spacial score (nSPS) is 19.0. The molecule has 0 spiro atoms. The van der Waals surface area contributed by atoms with Gasteiger partial charge in [-0.05, 0) is 30.7 Å². The second-order valence-electron chi connectivity index (χ2n) is 4.49. The lowest BCUT2D eigenvalue weighted by atomic mass is 9.85. The van der Waals surface area contributed by atoms with Crippen LogP contribution >= 0.6 is 11.3 Å². The van der Waals surface area contributed by atoms with Gasteiger partial charge in [-0.3, -0.25) is 0 Å². The highest BCUT2D eigenvalue weighted by Crippen LogP contribution is 2.35. The number of rotatable bonds is 2. The van der Waals surface area contributed by atoms with Gasteiger partial charge in [0.1, 0.15) is 5.01 Å². The molecule has 1 aliphatic rings. The Morgan fingerprint density at radius 1 is 1.29 bits per heavy atom. The van der Waals surface area contributed by atoms with Gasteiger partial charge in [-0.15, -0.1) is 11.3 Å². The van der Waals surface area contributed by atoms with Crippen LogP contribution in [0, 0.1) is 0 Å². The van der Waals surface area contributed by atoms with Crippen molar-refractivity contribution in [2.24, 2.45) is 0 Å². The van der Waals surface area contributed by atoms with Crippen LogP contribution in [0.25, 0.3) is 0 Å². The summed E-state index contributed by atoms with van der Waals surface area (Å²) in [7, 11) is 0. The maximum absolute atomic E-state index is 9.12. The van der Waals surface area contributed by atoms with E-state index >= 15 is 0 Å². The maximum Gasteiger partial charge on any atom is 0.119 e. The van der Waals surface area contributed by atoms with Crippen LogP contribution in [0.15, 0.2) is 30.3 Å². The predicted octanol–water partition coefficient (Wildman–Crippen LogP) is 2.91. The zero-order chi connectivity index (χ0) is 11.7. The third-order valence-electron chi connectivity index (χ3n) is 3.39. The van der Waals surface area contributed by atoms with E-state index in [0.29, 0.717) is 5.92 Å². The van der Waals surface area contributed by atoms with Crippen molar-refractivity contribution in [3.8, 4) is 0 Å². The Morgan fingerprint density at radius 3 is 2.88 bits per heavy atom. The van der Waals surface area contributed by atoms with E-state index in [9.17, 15) is 0 Å². The van der Waals surface area contributed by atoms with Gasteiger partial charge in [-0.1, -0.05) is 30.3 Å². The van der Waals surface area contributed by atoms with E-state index in [1.165, 1.54) is 22.6 Å². The molecule has 1 atom stereocenters. The molecule has 0 fully saturated rings. The lowest BCUT2D eigenvalue weighted by molar-refractivity contribution is 0.281. The first-order chi connectivity index (χ1) is 8.36. The zero-order valence-corrected chi connectivity index (χ0v) is 10.4. The fourth-order valence-corrected chi connectivity index (χ4v) is 3.56. The fourth-order valence-electron chi connectivity index (χ4n) is 2.51. The van der Waals surface area contributed by atoms with Gasteiger partial charge in [-0.2, -0.15) is 0 Å². The third-order valence-corrected chi connectivity index (χ3v) is 4.49. The molecule has 1 N–H and O–H groups in total. The molecule has 2 aromatic rings. The van der Waals surface area contributed by atoms with Crippen LogP contribution in [0.5, 0.6) is 0 Å². The number of fused-ring (bicyclic) bond motifs is 1. The third kappa shape index (κ3) is 2.13. The van der Waals surface area contributed by atoms with Crippen LogP contribution in [-0.4, -0.2) is 10.1 Å². The zero-order valence-electron chi connectivity index (χ0n) is 9.60. The van der Waals surface area contributed by atoms with Crippen molar-refractivity contribution in [2.45, 2.75) is 31.8 Å². The molecule has 1 heterocycles. The second kappa shape index (κ2) is 4.59. The van der Waals surface area contributed by atoms with Crippen molar-refractivity contribution in [1.29, 1.82) is 0 Å². The minimum atomic E-state index is 0.0771. The van der Waals surface area contributed by atoms with Gasteiger partial charge in [0.05, 0.1) is 12.3 Å². The number of nitrogens with zero attached hydrogens (tertiary/aromatic N) is 1. The summed E-state index contributed by atoms with van der Waals surface area (Å²) in [5, 5.41) is 9.98. The number of hydrogen-bond acceptors (Lipinski definition) is 3. The highest BCUT2D eigenvalue weighted by atomic mass is 32.1. The Kier molecular flexibility index (Phi) is 2.95. The van der Waals surface area contributed by atoms with E-state index in [2.05, 4.69) is 35.3 Å². The largest absolute Gasteiger partial charge is 0.389 e. The monoisotopic (exact) mass is 245 g/mol. The van der Waals surface area contributed by atoms with Crippen LogP contribution in [-0.2, 0) is 19.4 Å². The molecule has 0 aliphatic heterocycles. The van der Waals surface area contributed by atoms with Crippen LogP contribution in [0.4, 0.5) is 0 Å². The number of aliphatic hydroxyl groups excluding tert-OH is 1. The molecule has 0 saturated carbocycles. The first kappa shape index (κ1) is 10.9. The van der Waals surface area contributed by atoms with Gasteiger partial charge < -0.3 is 5.11 Å². The van der Waals surface area contributed by atoms with Crippen molar-refractivity contribution in [1.82, 2.24) is 4.98 Å². The summed E-state index contributed by atoms with van der Waals surface area (Å²) >= 11 is 1.67. The van der Waals surface area contributed by atoms with Crippen molar-refractivity contribution in [3.63, 3.8) is 0 Å². The molecule has 17 heavy (non-hydrogen) atoms. The number of thiazole rings is 1. The summed E-state index contributed by atoms with van der Waals surface area (Å²) in [6, 6.07) is 10.7. The molecule has 1 aromatic carbocycles. The summed E-state index contributed by atoms with van der Waals surface area (Å²) < 4.78 is 0. The van der Waals surface area contributed by atoms with Crippen LogP contribution in [0.1, 0.15) is 33.5 Å². The molecule has 3 rings (SSSR count). The first-order valence-corrected chi connectivity index (χ1v) is 6.81. The van der Waals surface area contributed by atoms with E-state index in [4.69, 9.17) is 5.11 Å². The molecule has 0 saturated heterocycles. The number of aryl methyl sites for hydroxylation is 1. The van der Waals surface area contributed by atoms with Crippen LogP contribution in [0.2, 0.25) is 0 Å².